The number of aryl methyl sites for hydroxylation is 1. The van der Waals surface area contributed by atoms with E-state index in [9.17, 15) is 9.90 Å². The van der Waals surface area contributed by atoms with Crippen molar-refractivity contribution in [3.63, 3.8) is 0 Å². The number of rotatable bonds is 4. The summed E-state index contributed by atoms with van der Waals surface area (Å²) in [6.07, 6.45) is -0.938. The van der Waals surface area contributed by atoms with Crippen molar-refractivity contribution in [1.29, 1.82) is 0 Å². The van der Waals surface area contributed by atoms with Gasteiger partial charge in [-0.1, -0.05) is 52.4 Å². The van der Waals surface area contributed by atoms with Crippen molar-refractivity contribution < 1.29 is 14.6 Å². The lowest BCUT2D eigenvalue weighted by atomic mass is 10.0. The Bertz CT molecular complexity index is 409. The molecule has 0 fully saturated rings. The second kappa shape index (κ2) is 6.76. The van der Waals surface area contributed by atoms with Gasteiger partial charge < -0.3 is 9.84 Å². The fraction of sp³-hybridized carbons (Fsp3) is 0.308. The second-order valence-corrected chi connectivity index (χ2v) is 4.22. The molecule has 0 aliphatic carbocycles. The number of carbonyl (C=O) groups is 1. The Morgan fingerprint density at radius 1 is 1.47 bits per heavy atom. The summed E-state index contributed by atoms with van der Waals surface area (Å²) < 4.78 is 6.45. The average molecular weight is 346 g/mol. The van der Waals surface area contributed by atoms with Crippen LogP contribution in [0.5, 0.6) is 0 Å². The van der Waals surface area contributed by atoms with Gasteiger partial charge in [-0.3, -0.25) is 0 Å². The highest BCUT2D eigenvalue weighted by atomic mass is 127. The van der Waals surface area contributed by atoms with Crippen molar-refractivity contribution >= 4 is 28.6 Å². The summed E-state index contributed by atoms with van der Waals surface area (Å²) in [5.74, 6) is -0.477. The molecule has 1 atom stereocenters. The SMILES string of the molecule is CCOC(=O)/C(=C\I)[C@H](O)c1ccc(C)cc1. The maximum absolute atomic E-state index is 11.6. The Morgan fingerprint density at radius 2 is 2.06 bits per heavy atom. The topological polar surface area (TPSA) is 46.5 Å². The fourth-order valence-corrected chi connectivity index (χ4v) is 1.95. The Labute approximate surface area is 115 Å². The first-order chi connectivity index (χ1) is 8.10. The van der Waals surface area contributed by atoms with Crippen LogP contribution in [0.3, 0.4) is 0 Å². The number of halogens is 1. The van der Waals surface area contributed by atoms with Crippen LogP contribution in [0.25, 0.3) is 0 Å². The number of hydrogen-bond acceptors (Lipinski definition) is 3. The highest BCUT2D eigenvalue weighted by molar-refractivity contribution is 14.1. The van der Waals surface area contributed by atoms with Gasteiger partial charge in [-0.2, -0.15) is 0 Å². The van der Waals surface area contributed by atoms with Crippen molar-refractivity contribution in [3.05, 3.63) is 45.0 Å². The zero-order chi connectivity index (χ0) is 12.8. The average Bonchev–Trinajstić information content (AvgIpc) is 2.31. The van der Waals surface area contributed by atoms with Gasteiger partial charge in [-0.15, -0.1) is 0 Å². The van der Waals surface area contributed by atoms with Crippen LogP contribution in [0.15, 0.2) is 33.9 Å². The van der Waals surface area contributed by atoms with E-state index in [1.54, 1.807) is 23.1 Å². The van der Waals surface area contributed by atoms with E-state index < -0.39 is 12.1 Å². The van der Waals surface area contributed by atoms with E-state index in [1.165, 1.54) is 0 Å². The third kappa shape index (κ3) is 3.81. The van der Waals surface area contributed by atoms with Crippen LogP contribution in [-0.4, -0.2) is 17.7 Å². The summed E-state index contributed by atoms with van der Waals surface area (Å²) in [4.78, 5) is 11.6. The minimum Gasteiger partial charge on any atom is -0.463 e. The van der Waals surface area contributed by atoms with Crippen LogP contribution in [0.1, 0.15) is 24.2 Å². The van der Waals surface area contributed by atoms with Gasteiger partial charge in [0, 0.05) is 0 Å². The van der Waals surface area contributed by atoms with E-state index >= 15 is 0 Å². The predicted molar refractivity (Wildman–Crippen MR) is 74.9 cm³/mol. The zero-order valence-electron chi connectivity index (χ0n) is 9.81. The standard InChI is InChI=1S/C13H15IO3/c1-3-17-13(16)11(8-14)12(15)10-6-4-9(2)5-7-10/h4-8,12,15H,3H2,1-2H3/b11-8-/t12-/m1/s1. The van der Waals surface area contributed by atoms with Gasteiger partial charge in [0.2, 0.25) is 0 Å². The molecule has 1 N–H and O–H groups in total. The molecule has 0 aromatic heterocycles. The van der Waals surface area contributed by atoms with E-state index in [-0.39, 0.29) is 5.57 Å². The lowest BCUT2D eigenvalue weighted by Crippen LogP contribution is -2.14. The molecular formula is C13H15IO3. The smallest absolute Gasteiger partial charge is 0.337 e. The van der Waals surface area contributed by atoms with Gasteiger partial charge in [0.25, 0.3) is 0 Å². The van der Waals surface area contributed by atoms with Gasteiger partial charge in [0.05, 0.1) is 12.2 Å². The Balaban J connectivity index is 2.90. The van der Waals surface area contributed by atoms with Crippen molar-refractivity contribution in [1.82, 2.24) is 0 Å². The van der Waals surface area contributed by atoms with E-state index in [2.05, 4.69) is 0 Å². The molecule has 0 radical (unpaired) electrons. The Morgan fingerprint density at radius 3 is 2.53 bits per heavy atom. The third-order valence-electron chi connectivity index (χ3n) is 2.32. The van der Waals surface area contributed by atoms with Gasteiger partial charge >= 0.3 is 5.97 Å². The summed E-state index contributed by atoms with van der Waals surface area (Å²) in [6, 6.07) is 7.40. The first kappa shape index (κ1) is 14.2. The van der Waals surface area contributed by atoms with Crippen molar-refractivity contribution in [3.8, 4) is 0 Å². The number of ether oxygens (including phenoxy) is 1. The molecule has 17 heavy (non-hydrogen) atoms. The van der Waals surface area contributed by atoms with Crippen LogP contribution in [0.4, 0.5) is 0 Å². The maximum Gasteiger partial charge on any atom is 0.337 e. The van der Waals surface area contributed by atoms with Crippen LogP contribution >= 0.6 is 22.6 Å². The van der Waals surface area contributed by atoms with Crippen LogP contribution in [0, 0.1) is 6.92 Å². The molecule has 92 valence electrons. The van der Waals surface area contributed by atoms with E-state index in [1.807, 2.05) is 41.6 Å². The highest BCUT2D eigenvalue weighted by Gasteiger charge is 2.20. The summed E-state index contributed by atoms with van der Waals surface area (Å²) in [6.45, 7) is 4.00. The molecular weight excluding hydrogens is 331 g/mol. The minimum atomic E-state index is -0.938. The molecule has 0 unspecified atom stereocenters. The maximum atomic E-state index is 11.6. The molecule has 0 aliphatic rings. The van der Waals surface area contributed by atoms with Crippen LogP contribution < -0.4 is 0 Å². The van der Waals surface area contributed by atoms with Crippen molar-refractivity contribution in [2.75, 3.05) is 6.61 Å². The van der Waals surface area contributed by atoms with Gasteiger partial charge in [0.1, 0.15) is 6.10 Å². The molecule has 0 amide bonds. The second-order valence-electron chi connectivity index (χ2n) is 3.60. The molecule has 1 rings (SSSR count). The Hall–Kier alpha value is -0.880. The first-order valence-electron chi connectivity index (χ1n) is 5.32. The fourth-order valence-electron chi connectivity index (χ4n) is 1.36. The molecule has 0 saturated carbocycles. The molecule has 0 saturated heterocycles. The largest absolute Gasteiger partial charge is 0.463 e. The number of aliphatic hydroxyl groups excluding tert-OH is 1. The quantitative estimate of drug-likeness (QED) is 0.518. The molecule has 0 aliphatic heterocycles. The summed E-state index contributed by atoms with van der Waals surface area (Å²) in [5.41, 5.74) is 2.06. The minimum absolute atomic E-state index is 0.260. The predicted octanol–water partition coefficient (Wildman–Crippen LogP) is 2.91. The molecule has 0 spiro atoms. The lowest BCUT2D eigenvalue weighted by molar-refractivity contribution is -0.139. The number of aliphatic hydroxyl groups is 1. The van der Waals surface area contributed by atoms with E-state index in [0.29, 0.717) is 12.2 Å². The molecule has 3 nitrogen and oxygen atoms in total. The first-order valence-corrected chi connectivity index (χ1v) is 6.56. The van der Waals surface area contributed by atoms with Gasteiger partial charge in [0.15, 0.2) is 0 Å². The Kier molecular flexibility index (Phi) is 5.64. The number of benzene rings is 1. The molecule has 4 heteroatoms. The summed E-state index contributed by atoms with van der Waals surface area (Å²) in [7, 11) is 0. The third-order valence-corrected chi connectivity index (χ3v) is 2.99. The highest BCUT2D eigenvalue weighted by Crippen LogP contribution is 2.24. The monoisotopic (exact) mass is 346 g/mol. The lowest BCUT2D eigenvalue weighted by Gasteiger charge is -2.13. The van der Waals surface area contributed by atoms with E-state index in [0.717, 1.165) is 5.56 Å². The van der Waals surface area contributed by atoms with Crippen LogP contribution in [-0.2, 0) is 9.53 Å². The molecule has 0 heterocycles. The van der Waals surface area contributed by atoms with E-state index in [4.69, 9.17) is 4.74 Å². The van der Waals surface area contributed by atoms with Gasteiger partial charge in [-0.25, -0.2) is 4.79 Å². The molecule has 1 aromatic rings. The zero-order valence-corrected chi connectivity index (χ0v) is 12.0. The van der Waals surface area contributed by atoms with Crippen molar-refractivity contribution in [2.24, 2.45) is 0 Å². The molecule has 0 bridgehead atoms. The normalized spacial score (nSPS) is 13.3. The number of carbonyl (C=O) groups excluding carboxylic acids is 1. The molecule has 1 aromatic carbocycles. The van der Waals surface area contributed by atoms with Gasteiger partial charge in [-0.05, 0) is 23.5 Å². The van der Waals surface area contributed by atoms with Crippen molar-refractivity contribution in [2.45, 2.75) is 20.0 Å². The summed E-state index contributed by atoms with van der Waals surface area (Å²) in [5, 5.41) is 10.1. The van der Waals surface area contributed by atoms with Crippen LogP contribution in [0.2, 0.25) is 0 Å². The summed E-state index contributed by atoms with van der Waals surface area (Å²) >= 11 is 1.93. The number of hydrogen-bond donors (Lipinski definition) is 1. The number of esters is 1.